The number of benzene rings is 2. The van der Waals surface area contributed by atoms with Crippen LogP contribution in [0.3, 0.4) is 0 Å². The summed E-state index contributed by atoms with van der Waals surface area (Å²) in [6.45, 7) is 4.09. The van der Waals surface area contributed by atoms with Crippen molar-refractivity contribution < 1.29 is 14.3 Å². The highest BCUT2D eigenvalue weighted by Gasteiger charge is 2.14. The lowest BCUT2D eigenvalue weighted by Gasteiger charge is -2.08. The number of unbranched alkanes of at least 4 members (excludes halogenated alkanes) is 1. The fraction of sp³-hybridized carbons (Fsp3) is 0.217. The number of hydrogen-bond donors (Lipinski definition) is 1. The Morgan fingerprint density at radius 3 is 2.63 bits per heavy atom. The maximum absolute atomic E-state index is 13.0. The van der Waals surface area contributed by atoms with Gasteiger partial charge in [0.2, 0.25) is 0 Å². The molecule has 0 radical (unpaired) electrons. The van der Waals surface area contributed by atoms with E-state index in [0.29, 0.717) is 28.7 Å². The number of aromatic carboxylic acids is 1. The van der Waals surface area contributed by atoms with Gasteiger partial charge in [-0.25, -0.2) is 4.79 Å². The fourth-order valence-electron chi connectivity index (χ4n) is 3.05. The maximum Gasteiger partial charge on any atom is 0.335 e. The first-order valence-electron chi connectivity index (χ1n) is 9.08. The first-order chi connectivity index (χ1) is 13.0. The van der Waals surface area contributed by atoms with Gasteiger partial charge in [0, 0.05) is 5.56 Å². The molecule has 0 aliphatic rings. The fourth-order valence-corrected chi connectivity index (χ4v) is 3.05. The molecule has 0 spiro atoms. The van der Waals surface area contributed by atoms with Crippen molar-refractivity contribution in [1.29, 1.82) is 0 Å². The molecule has 1 aromatic heterocycles. The van der Waals surface area contributed by atoms with Gasteiger partial charge in [-0.3, -0.25) is 4.79 Å². The Bertz CT molecular complexity index is 1070. The van der Waals surface area contributed by atoms with Crippen molar-refractivity contribution in [3.63, 3.8) is 0 Å². The summed E-state index contributed by atoms with van der Waals surface area (Å²) in [5.41, 5.74) is 3.11. The second-order valence-electron chi connectivity index (χ2n) is 6.58. The van der Waals surface area contributed by atoms with E-state index in [4.69, 9.17) is 4.42 Å². The second kappa shape index (κ2) is 8.04. The van der Waals surface area contributed by atoms with Gasteiger partial charge in [-0.2, -0.15) is 0 Å². The summed E-state index contributed by atoms with van der Waals surface area (Å²) in [4.78, 5) is 24.2. The summed E-state index contributed by atoms with van der Waals surface area (Å²) in [7, 11) is 0. The van der Waals surface area contributed by atoms with Gasteiger partial charge in [-0.15, -0.1) is 0 Å². The molecule has 4 nitrogen and oxygen atoms in total. The van der Waals surface area contributed by atoms with E-state index in [-0.39, 0.29) is 11.0 Å². The molecule has 0 atom stereocenters. The zero-order valence-corrected chi connectivity index (χ0v) is 15.5. The summed E-state index contributed by atoms with van der Waals surface area (Å²) in [6, 6.07) is 12.4. The van der Waals surface area contributed by atoms with Gasteiger partial charge >= 0.3 is 5.97 Å². The zero-order chi connectivity index (χ0) is 19.4. The van der Waals surface area contributed by atoms with Gasteiger partial charge in [0.15, 0.2) is 5.43 Å². The molecule has 0 fully saturated rings. The average molecular weight is 362 g/mol. The zero-order valence-electron chi connectivity index (χ0n) is 15.5. The predicted molar refractivity (Wildman–Crippen MR) is 108 cm³/mol. The van der Waals surface area contributed by atoms with Crippen LogP contribution in [0.5, 0.6) is 0 Å². The molecule has 0 aliphatic carbocycles. The molecule has 0 saturated heterocycles. The monoisotopic (exact) mass is 362 g/mol. The summed E-state index contributed by atoms with van der Waals surface area (Å²) in [5.74, 6) is -0.526. The van der Waals surface area contributed by atoms with Crippen LogP contribution >= 0.6 is 0 Å². The first-order valence-corrected chi connectivity index (χ1v) is 9.08. The summed E-state index contributed by atoms with van der Waals surface area (Å²) in [6.07, 6.45) is 6.19. The molecule has 27 heavy (non-hydrogen) atoms. The average Bonchev–Trinajstić information content (AvgIpc) is 2.66. The van der Waals surface area contributed by atoms with Gasteiger partial charge in [0.25, 0.3) is 0 Å². The van der Waals surface area contributed by atoms with Crippen LogP contribution in [0.25, 0.3) is 23.1 Å². The van der Waals surface area contributed by atoms with E-state index in [9.17, 15) is 14.7 Å². The van der Waals surface area contributed by atoms with E-state index < -0.39 is 5.97 Å². The van der Waals surface area contributed by atoms with Crippen molar-refractivity contribution in [2.24, 2.45) is 0 Å². The molecule has 1 heterocycles. The third kappa shape index (κ3) is 4.00. The third-order valence-corrected chi connectivity index (χ3v) is 4.65. The van der Waals surface area contributed by atoms with E-state index in [1.54, 1.807) is 6.07 Å². The number of fused-ring (bicyclic) bond motifs is 1. The molecule has 3 aromatic rings. The van der Waals surface area contributed by atoms with Gasteiger partial charge in [0.05, 0.1) is 10.9 Å². The highest BCUT2D eigenvalue weighted by molar-refractivity contribution is 5.93. The Labute approximate surface area is 157 Å². The van der Waals surface area contributed by atoms with Crippen LogP contribution < -0.4 is 5.43 Å². The van der Waals surface area contributed by atoms with Gasteiger partial charge in [0.1, 0.15) is 11.3 Å². The standard InChI is InChI=1S/C23H22O4/c1-3-4-9-18-20(12-10-16-8-6-5-7-15(16)2)27-21-13-11-17(23(25)26)14-19(21)22(18)24/h5-8,10-14H,3-4,9H2,1-2H3,(H,25,26)/b12-10+. The first kappa shape index (κ1) is 18.6. The van der Waals surface area contributed by atoms with E-state index in [0.717, 1.165) is 24.0 Å². The van der Waals surface area contributed by atoms with Crippen LogP contribution in [0, 0.1) is 6.92 Å². The van der Waals surface area contributed by atoms with Crippen molar-refractivity contribution in [3.05, 3.63) is 80.7 Å². The van der Waals surface area contributed by atoms with Crippen molar-refractivity contribution >= 4 is 29.1 Å². The molecule has 4 heteroatoms. The van der Waals surface area contributed by atoms with E-state index >= 15 is 0 Å². The molecule has 0 saturated carbocycles. The molecule has 0 amide bonds. The summed E-state index contributed by atoms with van der Waals surface area (Å²) < 4.78 is 5.99. The van der Waals surface area contributed by atoms with Crippen LogP contribution in [0.1, 0.15) is 52.6 Å². The number of carboxylic acids is 1. The Balaban J connectivity index is 2.15. The largest absolute Gasteiger partial charge is 0.478 e. The lowest BCUT2D eigenvalue weighted by atomic mass is 10.0. The number of rotatable bonds is 6. The quantitative estimate of drug-likeness (QED) is 0.645. The molecule has 0 bridgehead atoms. The number of carbonyl (C=O) groups is 1. The lowest BCUT2D eigenvalue weighted by molar-refractivity contribution is 0.0697. The van der Waals surface area contributed by atoms with E-state index in [1.165, 1.54) is 12.1 Å². The van der Waals surface area contributed by atoms with Gasteiger partial charge in [-0.1, -0.05) is 43.7 Å². The minimum Gasteiger partial charge on any atom is -0.478 e. The van der Waals surface area contributed by atoms with Crippen LogP contribution in [0.2, 0.25) is 0 Å². The van der Waals surface area contributed by atoms with Crippen LogP contribution in [0.15, 0.2) is 51.7 Å². The number of hydrogen-bond acceptors (Lipinski definition) is 3. The summed E-state index contributed by atoms with van der Waals surface area (Å²) in [5, 5.41) is 9.51. The topological polar surface area (TPSA) is 67.5 Å². The Kier molecular flexibility index (Phi) is 5.55. The minimum atomic E-state index is -1.06. The van der Waals surface area contributed by atoms with Crippen LogP contribution in [-0.4, -0.2) is 11.1 Å². The van der Waals surface area contributed by atoms with E-state index in [1.807, 2.05) is 43.3 Å². The highest BCUT2D eigenvalue weighted by atomic mass is 16.4. The molecular weight excluding hydrogens is 340 g/mol. The Morgan fingerprint density at radius 1 is 1.15 bits per heavy atom. The minimum absolute atomic E-state index is 0.0828. The normalized spacial score (nSPS) is 11.3. The maximum atomic E-state index is 13.0. The SMILES string of the molecule is CCCCc1c(/C=C/c2ccccc2C)oc2ccc(C(=O)O)cc2c1=O. The van der Waals surface area contributed by atoms with Crippen molar-refractivity contribution in [3.8, 4) is 0 Å². The highest BCUT2D eigenvalue weighted by Crippen LogP contribution is 2.21. The molecule has 0 unspecified atom stereocenters. The molecule has 3 rings (SSSR count). The molecule has 2 aromatic carbocycles. The third-order valence-electron chi connectivity index (χ3n) is 4.65. The smallest absolute Gasteiger partial charge is 0.335 e. The van der Waals surface area contributed by atoms with Crippen LogP contribution in [0.4, 0.5) is 0 Å². The predicted octanol–water partition coefficient (Wildman–Crippen LogP) is 5.31. The summed E-state index contributed by atoms with van der Waals surface area (Å²) >= 11 is 0. The lowest BCUT2D eigenvalue weighted by Crippen LogP contribution is -2.12. The number of aryl methyl sites for hydroxylation is 1. The number of carboxylic acid groups (broad SMARTS) is 1. The van der Waals surface area contributed by atoms with Crippen LogP contribution in [-0.2, 0) is 6.42 Å². The molecule has 1 N–H and O–H groups in total. The van der Waals surface area contributed by atoms with Gasteiger partial charge in [-0.05, 0) is 55.2 Å². The molecule has 0 aliphatic heterocycles. The Morgan fingerprint density at radius 2 is 1.93 bits per heavy atom. The van der Waals surface area contributed by atoms with Crippen molar-refractivity contribution in [1.82, 2.24) is 0 Å². The van der Waals surface area contributed by atoms with Gasteiger partial charge < -0.3 is 9.52 Å². The molecular formula is C23H22O4. The Hall–Kier alpha value is -3.14. The van der Waals surface area contributed by atoms with Crippen molar-refractivity contribution in [2.45, 2.75) is 33.1 Å². The molecule has 138 valence electrons. The van der Waals surface area contributed by atoms with Crippen molar-refractivity contribution in [2.75, 3.05) is 0 Å². The second-order valence-corrected chi connectivity index (χ2v) is 6.58. The van der Waals surface area contributed by atoms with E-state index in [2.05, 4.69) is 6.92 Å².